The third-order valence-electron chi connectivity index (χ3n) is 3.25. The number of rotatable bonds is 2. The van der Waals surface area contributed by atoms with Gasteiger partial charge in [0.25, 0.3) is 0 Å². The molecule has 0 aliphatic carbocycles. The monoisotopic (exact) mass is 231 g/mol. The molecule has 0 radical (unpaired) electrons. The Bertz CT molecular complexity index is 203. The molecule has 3 unspecified atom stereocenters. The molecular formula is C11H21NO2S. The van der Waals surface area contributed by atoms with E-state index in [9.17, 15) is 5.11 Å². The summed E-state index contributed by atoms with van der Waals surface area (Å²) in [7, 11) is 0. The van der Waals surface area contributed by atoms with Crippen molar-refractivity contribution in [3.8, 4) is 0 Å². The lowest BCUT2D eigenvalue weighted by molar-refractivity contribution is -0.0462. The van der Waals surface area contributed by atoms with Gasteiger partial charge in [0.05, 0.1) is 12.7 Å². The highest BCUT2D eigenvalue weighted by atomic mass is 32.2. The minimum Gasteiger partial charge on any atom is -0.393 e. The predicted molar refractivity (Wildman–Crippen MR) is 63.3 cm³/mol. The normalized spacial score (nSPS) is 39.2. The molecule has 0 aromatic carbocycles. The average molecular weight is 231 g/mol. The molecule has 4 heteroatoms. The molecule has 2 fully saturated rings. The van der Waals surface area contributed by atoms with E-state index in [1.54, 1.807) is 0 Å². The third-order valence-corrected chi connectivity index (χ3v) is 4.39. The fourth-order valence-electron chi connectivity index (χ4n) is 2.35. The van der Waals surface area contributed by atoms with Crippen molar-refractivity contribution in [3.05, 3.63) is 0 Å². The second-order valence-corrected chi connectivity index (χ2v) is 6.18. The van der Waals surface area contributed by atoms with Crippen LogP contribution >= 0.6 is 11.8 Å². The number of hydrogen-bond acceptors (Lipinski definition) is 4. The molecule has 0 bridgehead atoms. The quantitative estimate of drug-likeness (QED) is 0.763. The van der Waals surface area contributed by atoms with Gasteiger partial charge in [0.1, 0.15) is 0 Å². The van der Waals surface area contributed by atoms with Crippen LogP contribution in [0.25, 0.3) is 0 Å². The first-order valence-electron chi connectivity index (χ1n) is 5.85. The summed E-state index contributed by atoms with van der Waals surface area (Å²) in [5, 5.41) is 10.6. The molecule has 0 aromatic heterocycles. The number of aliphatic hydroxyl groups is 1. The van der Waals surface area contributed by atoms with Crippen LogP contribution in [0.1, 0.15) is 13.3 Å². The SMILES string of the molecule is CC1CN(CC2COCCC2O)CCS1. The van der Waals surface area contributed by atoms with E-state index in [2.05, 4.69) is 11.8 Å². The predicted octanol–water partition coefficient (Wildman–Crippen LogP) is 0.821. The lowest BCUT2D eigenvalue weighted by atomic mass is 9.98. The first kappa shape index (κ1) is 11.7. The topological polar surface area (TPSA) is 32.7 Å². The molecule has 0 aromatic rings. The van der Waals surface area contributed by atoms with E-state index in [0.29, 0.717) is 5.92 Å². The zero-order chi connectivity index (χ0) is 10.7. The zero-order valence-electron chi connectivity index (χ0n) is 9.39. The number of ether oxygens (including phenoxy) is 1. The standard InChI is InChI=1S/C11H21NO2S/c1-9-6-12(3-5-15-9)7-10-8-14-4-2-11(10)13/h9-11,13H,2-8H2,1H3. The van der Waals surface area contributed by atoms with Gasteiger partial charge in [-0.25, -0.2) is 0 Å². The van der Waals surface area contributed by atoms with Crippen molar-refractivity contribution in [1.82, 2.24) is 4.90 Å². The summed E-state index contributed by atoms with van der Waals surface area (Å²) >= 11 is 2.05. The maximum absolute atomic E-state index is 9.85. The van der Waals surface area contributed by atoms with Gasteiger partial charge in [0.15, 0.2) is 0 Å². The molecule has 3 nitrogen and oxygen atoms in total. The largest absolute Gasteiger partial charge is 0.393 e. The molecule has 2 aliphatic heterocycles. The fraction of sp³-hybridized carbons (Fsp3) is 1.00. The van der Waals surface area contributed by atoms with Crippen LogP contribution in [0.5, 0.6) is 0 Å². The van der Waals surface area contributed by atoms with Gasteiger partial charge in [-0.3, -0.25) is 0 Å². The summed E-state index contributed by atoms with van der Waals surface area (Å²) in [4.78, 5) is 2.48. The van der Waals surface area contributed by atoms with Crippen LogP contribution in [0.4, 0.5) is 0 Å². The van der Waals surface area contributed by atoms with Gasteiger partial charge in [-0.1, -0.05) is 6.92 Å². The van der Waals surface area contributed by atoms with Crippen LogP contribution in [-0.2, 0) is 4.74 Å². The highest BCUT2D eigenvalue weighted by Gasteiger charge is 2.27. The molecule has 0 amide bonds. The lowest BCUT2D eigenvalue weighted by Crippen LogP contribution is -2.45. The second kappa shape index (κ2) is 5.53. The van der Waals surface area contributed by atoms with Gasteiger partial charge < -0.3 is 14.7 Å². The minimum absolute atomic E-state index is 0.149. The Balaban J connectivity index is 1.79. The number of nitrogens with zero attached hydrogens (tertiary/aromatic N) is 1. The van der Waals surface area contributed by atoms with Gasteiger partial charge in [-0.05, 0) is 6.42 Å². The molecule has 2 rings (SSSR count). The van der Waals surface area contributed by atoms with Gasteiger partial charge in [0.2, 0.25) is 0 Å². The van der Waals surface area contributed by atoms with Crippen molar-refractivity contribution in [2.75, 3.05) is 38.6 Å². The summed E-state index contributed by atoms with van der Waals surface area (Å²) < 4.78 is 5.43. The Morgan fingerprint density at radius 2 is 2.40 bits per heavy atom. The van der Waals surface area contributed by atoms with Crippen LogP contribution in [0, 0.1) is 5.92 Å². The highest BCUT2D eigenvalue weighted by Crippen LogP contribution is 2.21. The first-order valence-corrected chi connectivity index (χ1v) is 6.90. The van der Waals surface area contributed by atoms with Gasteiger partial charge >= 0.3 is 0 Å². The maximum Gasteiger partial charge on any atom is 0.0624 e. The zero-order valence-corrected chi connectivity index (χ0v) is 10.2. The van der Waals surface area contributed by atoms with E-state index in [-0.39, 0.29) is 6.10 Å². The van der Waals surface area contributed by atoms with E-state index < -0.39 is 0 Å². The van der Waals surface area contributed by atoms with Crippen molar-refractivity contribution in [1.29, 1.82) is 0 Å². The number of thioether (sulfide) groups is 1. The number of hydrogen-bond donors (Lipinski definition) is 1. The van der Waals surface area contributed by atoms with E-state index >= 15 is 0 Å². The molecule has 3 atom stereocenters. The Labute approximate surface area is 96.2 Å². The first-order chi connectivity index (χ1) is 7.25. The summed E-state index contributed by atoms with van der Waals surface area (Å²) in [5.41, 5.74) is 0. The average Bonchev–Trinajstić information content (AvgIpc) is 2.22. The van der Waals surface area contributed by atoms with Crippen LogP contribution in [0.2, 0.25) is 0 Å². The van der Waals surface area contributed by atoms with Gasteiger partial charge in [0, 0.05) is 43.2 Å². The fourth-order valence-corrected chi connectivity index (χ4v) is 3.43. The third kappa shape index (κ3) is 3.34. The van der Waals surface area contributed by atoms with E-state index in [0.717, 1.165) is 44.5 Å². The maximum atomic E-state index is 9.85. The molecule has 2 aliphatic rings. The highest BCUT2D eigenvalue weighted by molar-refractivity contribution is 7.99. The van der Waals surface area contributed by atoms with E-state index in [1.807, 2.05) is 11.8 Å². The number of aliphatic hydroxyl groups excluding tert-OH is 1. The lowest BCUT2D eigenvalue weighted by Gasteiger charge is -2.36. The van der Waals surface area contributed by atoms with Crippen LogP contribution in [0.3, 0.4) is 0 Å². The summed E-state index contributed by atoms with van der Waals surface area (Å²) in [5.74, 6) is 1.55. The van der Waals surface area contributed by atoms with Crippen molar-refractivity contribution >= 4 is 11.8 Å². The van der Waals surface area contributed by atoms with Crippen molar-refractivity contribution < 1.29 is 9.84 Å². The van der Waals surface area contributed by atoms with Crippen molar-refractivity contribution in [3.63, 3.8) is 0 Å². The van der Waals surface area contributed by atoms with E-state index in [1.165, 1.54) is 5.75 Å². The minimum atomic E-state index is -0.149. The van der Waals surface area contributed by atoms with Crippen molar-refractivity contribution in [2.45, 2.75) is 24.7 Å². The second-order valence-electron chi connectivity index (χ2n) is 4.63. The van der Waals surface area contributed by atoms with Crippen LogP contribution in [0.15, 0.2) is 0 Å². The van der Waals surface area contributed by atoms with Gasteiger partial charge in [-0.15, -0.1) is 0 Å². The molecule has 1 N–H and O–H groups in total. The Morgan fingerprint density at radius 3 is 3.13 bits per heavy atom. The molecule has 15 heavy (non-hydrogen) atoms. The summed E-state index contributed by atoms with van der Waals surface area (Å²) in [6.07, 6.45) is 0.659. The summed E-state index contributed by atoms with van der Waals surface area (Å²) in [6.45, 7) is 7.08. The molecular weight excluding hydrogens is 210 g/mol. The van der Waals surface area contributed by atoms with Gasteiger partial charge in [-0.2, -0.15) is 11.8 Å². The summed E-state index contributed by atoms with van der Waals surface area (Å²) in [6, 6.07) is 0. The molecule has 2 heterocycles. The van der Waals surface area contributed by atoms with E-state index in [4.69, 9.17) is 4.74 Å². The molecule has 0 spiro atoms. The Kier molecular flexibility index (Phi) is 4.31. The van der Waals surface area contributed by atoms with Crippen molar-refractivity contribution in [2.24, 2.45) is 5.92 Å². The smallest absolute Gasteiger partial charge is 0.0624 e. The van der Waals surface area contributed by atoms with Crippen LogP contribution < -0.4 is 0 Å². The Hall–Kier alpha value is 0.230. The molecule has 2 saturated heterocycles. The molecule has 88 valence electrons. The van der Waals surface area contributed by atoms with Crippen LogP contribution in [-0.4, -0.2) is 60.0 Å². The Morgan fingerprint density at radius 1 is 1.53 bits per heavy atom. The molecule has 0 saturated carbocycles.